The van der Waals surface area contributed by atoms with Gasteiger partial charge in [0.25, 0.3) is 0 Å². The summed E-state index contributed by atoms with van der Waals surface area (Å²) in [6, 6.07) is 13.5. The topological polar surface area (TPSA) is 65.5 Å². The van der Waals surface area contributed by atoms with Crippen LogP contribution in [0.1, 0.15) is 13.8 Å². The molecule has 1 aromatic heterocycles. The summed E-state index contributed by atoms with van der Waals surface area (Å²) in [6.07, 6.45) is 1.79. The maximum absolute atomic E-state index is 12.8. The Hall–Kier alpha value is -2.54. The van der Waals surface area contributed by atoms with Gasteiger partial charge in [-0.2, -0.15) is 0 Å². The number of benzene rings is 1. The molecule has 7 heteroatoms. The highest BCUT2D eigenvalue weighted by molar-refractivity contribution is 8.00. The van der Waals surface area contributed by atoms with E-state index in [0.29, 0.717) is 13.1 Å². The Kier molecular flexibility index (Phi) is 6.34. The molecule has 27 heavy (non-hydrogen) atoms. The van der Waals surface area contributed by atoms with Crippen LogP contribution in [0.5, 0.6) is 0 Å². The Balaban J connectivity index is 1.51. The quantitative estimate of drug-likeness (QED) is 0.803. The van der Waals surface area contributed by atoms with Crippen LogP contribution >= 0.6 is 11.8 Å². The van der Waals surface area contributed by atoms with E-state index in [1.54, 1.807) is 18.0 Å². The summed E-state index contributed by atoms with van der Waals surface area (Å²) >= 11 is 1.54. The minimum absolute atomic E-state index is 0.0937. The van der Waals surface area contributed by atoms with E-state index in [1.165, 1.54) is 6.92 Å². The van der Waals surface area contributed by atoms with Crippen molar-refractivity contribution in [1.82, 2.24) is 9.88 Å². The highest BCUT2D eigenvalue weighted by atomic mass is 32.2. The molecule has 1 aromatic carbocycles. The first kappa shape index (κ1) is 19.2. The third kappa shape index (κ3) is 5.23. The molecule has 0 saturated carbocycles. The summed E-state index contributed by atoms with van der Waals surface area (Å²) in [5, 5.41) is 2.59. The lowest BCUT2D eigenvalue weighted by molar-refractivity contribution is -0.130. The predicted molar refractivity (Wildman–Crippen MR) is 109 cm³/mol. The highest BCUT2D eigenvalue weighted by Crippen LogP contribution is 2.26. The molecule has 0 radical (unpaired) electrons. The van der Waals surface area contributed by atoms with E-state index in [2.05, 4.69) is 15.2 Å². The van der Waals surface area contributed by atoms with Crippen molar-refractivity contribution >= 4 is 35.1 Å². The zero-order valence-electron chi connectivity index (χ0n) is 15.6. The van der Waals surface area contributed by atoms with Gasteiger partial charge in [0.05, 0.1) is 5.25 Å². The second kappa shape index (κ2) is 8.90. The fourth-order valence-electron chi connectivity index (χ4n) is 3.03. The molecule has 1 fully saturated rings. The number of pyridine rings is 1. The van der Waals surface area contributed by atoms with Gasteiger partial charge in [-0.1, -0.05) is 6.07 Å². The van der Waals surface area contributed by atoms with E-state index in [9.17, 15) is 9.59 Å². The van der Waals surface area contributed by atoms with Crippen molar-refractivity contribution in [2.24, 2.45) is 0 Å². The Morgan fingerprint density at radius 1 is 1.07 bits per heavy atom. The summed E-state index contributed by atoms with van der Waals surface area (Å²) in [5.74, 6) is 1.03. The molecule has 0 bridgehead atoms. The molecule has 1 aliphatic heterocycles. The largest absolute Gasteiger partial charge is 0.353 e. The lowest BCUT2D eigenvalue weighted by Gasteiger charge is -2.36. The number of thioether (sulfide) groups is 1. The molecule has 2 aromatic rings. The molecule has 0 spiro atoms. The van der Waals surface area contributed by atoms with Gasteiger partial charge in [-0.05, 0) is 43.3 Å². The SMILES string of the molecule is CC(=O)Nc1ccc(SC(C)C(=O)N2CCN(c3ccccn3)CC2)cc1. The summed E-state index contributed by atoms with van der Waals surface area (Å²) in [7, 11) is 0. The number of hydrogen-bond donors (Lipinski definition) is 1. The molecule has 1 aliphatic rings. The van der Waals surface area contributed by atoms with Gasteiger partial charge >= 0.3 is 0 Å². The van der Waals surface area contributed by atoms with Crippen molar-refractivity contribution in [3.8, 4) is 0 Å². The number of rotatable bonds is 5. The van der Waals surface area contributed by atoms with Gasteiger partial charge in [0.1, 0.15) is 5.82 Å². The smallest absolute Gasteiger partial charge is 0.235 e. The fourth-order valence-corrected chi connectivity index (χ4v) is 3.98. The average molecular weight is 385 g/mol. The number of nitrogens with one attached hydrogen (secondary N) is 1. The van der Waals surface area contributed by atoms with Crippen molar-refractivity contribution in [1.29, 1.82) is 0 Å². The van der Waals surface area contributed by atoms with Crippen molar-refractivity contribution in [2.75, 3.05) is 36.4 Å². The fraction of sp³-hybridized carbons (Fsp3) is 0.350. The van der Waals surface area contributed by atoms with Crippen molar-refractivity contribution in [3.63, 3.8) is 0 Å². The molecule has 1 saturated heterocycles. The van der Waals surface area contributed by atoms with Gasteiger partial charge in [-0.3, -0.25) is 9.59 Å². The molecular formula is C20H24N4O2S. The minimum Gasteiger partial charge on any atom is -0.353 e. The summed E-state index contributed by atoms with van der Waals surface area (Å²) in [4.78, 5) is 33.4. The highest BCUT2D eigenvalue weighted by Gasteiger charge is 2.25. The van der Waals surface area contributed by atoms with Crippen LogP contribution in [0.15, 0.2) is 53.6 Å². The van der Waals surface area contributed by atoms with Crippen LogP contribution < -0.4 is 10.2 Å². The lowest BCUT2D eigenvalue weighted by Crippen LogP contribution is -2.50. The first-order chi connectivity index (χ1) is 13.0. The molecule has 142 valence electrons. The van der Waals surface area contributed by atoms with Gasteiger partial charge in [0, 0.05) is 49.9 Å². The van der Waals surface area contributed by atoms with E-state index < -0.39 is 0 Å². The summed E-state index contributed by atoms with van der Waals surface area (Å²) < 4.78 is 0. The number of amides is 2. The number of piperazine rings is 1. The Labute approximate surface area is 164 Å². The average Bonchev–Trinajstić information content (AvgIpc) is 2.69. The van der Waals surface area contributed by atoms with Gasteiger partial charge in [0.15, 0.2) is 0 Å². The molecule has 0 aliphatic carbocycles. The Morgan fingerprint density at radius 3 is 2.37 bits per heavy atom. The second-order valence-electron chi connectivity index (χ2n) is 6.47. The van der Waals surface area contributed by atoms with Crippen LogP contribution in [0.3, 0.4) is 0 Å². The Morgan fingerprint density at radius 2 is 1.78 bits per heavy atom. The van der Waals surface area contributed by atoms with Gasteiger partial charge in [0.2, 0.25) is 11.8 Å². The number of carbonyl (C=O) groups excluding carboxylic acids is 2. The normalized spacial score (nSPS) is 15.3. The standard InChI is InChI=1S/C20H24N4O2S/c1-15(27-18-8-6-17(7-9-18)22-16(2)25)20(26)24-13-11-23(12-14-24)19-5-3-4-10-21-19/h3-10,15H,11-14H2,1-2H3,(H,22,25). The van der Waals surface area contributed by atoms with E-state index in [-0.39, 0.29) is 17.1 Å². The number of aromatic nitrogens is 1. The maximum Gasteiger partial charge on any atom is 0.235 e. The first-order valence-corrected chi connectivity index (χ1v) is 9.90. The van der Waals surface area contributed by atoms with E-state index in [1.807, 2.05) is 54.3 Å². The van der Waals surface area contributed by atoms with Crippen LogP contribution in [-0.4, -0.2) is 53.1 Å². The zero-order valence-corrected chi connectivity index (χ0v) is 16.4. The molecule has 1 atom stereocenters. The zero-order chi connectivity index (χ0) is 19.2. The second-order valence-corrected chi connectivity index (χ2v) is 7.88. The van der Waals surface area contributed by atoms with Crippen LogP contribution in [0.4, 0.5) is 11.5 Å². The van der Waals surface area contributed by atoms with E-state index in [4.69, 9.17) is 0 Å². The van der Waals surface area contributed by atoms with Crippen molar-refractivity contribution < 1.29 is 9.59 Å². The maximum atomic E-state index is 12.8. The number of nitrogens with zero attached hydrogens (tertiary/aromatic N) is 3. The van der Waals surface area contributed by atoms with Crippen LogP contribution in [0.2, 0.25) is 0 Å². The third-order valence-electron chi connectivity index (χ3n) is 4.40. The van der Waals surface area contributed by atoms with Gasteiger partial charge in [-0.25, -0.2) is 4.98 Å². The minimum atomic E-state index is -0.155. The van der Waals surface area contributed by atoms with Crippen molar-refractivity contribution in [2.45, 2.75) is 24.0 Å². The summed E-state index contributed by atoms with van der Waals surface area (Å²) in [6.45, 7) is 6.44. The molecule has 2 amide bonds. The molecule has 3 rings (SSSR count). The van der Waals surface area contributed by atoms with E-state index in [0.717, 1.165) is 29.5 Å². The third-order valence-corrected chi connectivity index (χ3v) is 5.50. The molecule has 6 nitrogen and oxygen atoms in total. The van der Waals surface area contributed by atoms with Gasteiger partial charge in [-0.15, -0.1) is 11.8 Å². The van der Waals surface area contributed by atoms with Crippen LogP contribution in [0, 0.1) is 0 Å². The number of anilines is 2. The summed E-state index contributed by atoms with van der Waals surface area (Å²) in [5.41, 5.74) is 0.761. The Bertz CT molecular complexity index is 774. The van der Waals surface area contributed by atoms with Crippen LogP contribution in [0.25, 0.3) is 0 Å². The predicted octanol–water partition coefficient (Wildman–Crippen LogP) is 2.87. The first-order valence-electron chi connectivity index (χ1n) is 9.02. The van der Waals surface area contributed by atoms with Crippen LogP contribution in [-0.2, 0) is 9.59 Å². The molecule has 1 unspecified atom stereocenters. The molecular weight excluding hydrogens is 360 g/mol. The number of carbonyl (C=O) groups is 2. The lowest BCUT2D eigenvalue weighted by atomic mass is 10.2. The number of hydrogen-bond acceptors (Lipinski definition) is 5. The van der Waals surface area contributed by atoms with Crippen molar-refractivity contribution in [3.05, 3.63) is 48.7 Å². The molecule has 2 heterocycles. The van der Waals surface area contributed by atoms with Gasteiger partial charge < -0.3 is 15.1 Å². The monoisotopic (exact) mass is 384 g/mol. The molecule has 1 N–H and O–H groups in total. The van der Waals surface area contributed by atoms with E-state index >= 15 is 0 Å².